The number of hydrogen-bond acceptors (Lipinski definition) is 5. The molecular weight excluding hydrogens is 318 g/mol. The Labute approximate surface area is 146 Å². The summed E-state index contributed by atoms with van der Waals surface area (Å²) in [5, 5.41) is 16.2. The van der Waals surface area contributed by atoms with Crippen molar-refractivity contribution in [3.8, 4) is 0 Å². The van der Waals surface area contributed by atoms with Gasteiger partial charge in [-0.2, -0.15) is 5.10 Å². The molecule has 8 nitrogen and oxygen atoms in total. The van der Waals surface area contributed by atoms with Crippen molar-refractivity contribution in [1.29, 1.82) is 0 Å². The van der Waals surface area contributed by atoms with Crippen LogP contribution >= 0.6 is 0 Å². The van der Waals surface area contributed by atoms with Crippen molar-refractivity contribution >= 4 is 16.9 Å². The summed E-state index contributed by atoms with van der Waals surface area (Å²) in [6.07, 6.45) is 2.35. The van der Waals surface area contributed by atoms with Crippen molar-refractivity contribution in [3.05, 3.63) is 35.2 Å². The van der Waals surface area contributed by atoms with Gasteiger partial charge in [0.1, 0.15) is 12.2 Å². The number of carbonyl (C=O) groups is 1. The average molecular weight is 341 g/mol. The quantitative estimate of drug-likeness (QED) is 0.763. The van der Waals surface area contributed by atoms with Crippen molar-refractivity contribution in [3.63, 3.8) is 0 Å². The second-order valence-corrected chi connectivity index (χ2v) is 6.47. The second-order valence-electron chi connectivity index (χ2n) is 6.47. The number of hydrogen-bond donors (Lipinski definition) is 1. The number of pyridine rings is 1. The fourth-order valence-electron chi connectivity index (χ4n) is 3.01. The maximum absolute atomic E-state index is 12.7. The van der Waals surface area contributed by atoms with Gasteiger partial charge in [-0.05, 0) is 33.8 Å². The smallest absolute Gasteiger partial charge is 0.252 e. The van der Waals surface area contributed by atoms with E-state index in [4.69, 9.17) is 0 Å². The van der Waals surface area contributed by atoms with Crippen molar-refractivity contribution in [2.24, 2.45) is 7.05 Å². The zero-order chi connectivity index (χ0) is 18.1. The molecule has 0 aliphatic rings. The molecule has 25 heavy (non-hydrogen) atoms. The summed E-state index contributed by atoms with van der Waals surface area (Å²) in [4.78, 5) is 17.2. The summed E-state index contributed by atoms with van der Waals surface area (Å²) in [6, 6.07) is 2.10. The standard InChI is InChI=1S/C17H23N7O/c1-10(2)24-9-19-21-14(24)6-7-18-17(25)13-8-11(3)20-16-15(13)12(4)22-23(16)5/h8-10H,6-7H2,1-5H3,(H,18,25). The lowest BCUT2D eigenvalue weighted by atomic mass is 10.1. The molecule has 0 atom stereocenters. The number of aryl methyl sites for hydroxylation is 3. The molecule has 1 N–H and O–H groups in total. The molecule has 3 heterocycles. The zero-order valence-corrected chi connectivity index (χ0v) is 15.2. The molecule has 0 saturated heterocycles. The lowest BCUT2D eigenvalue weighted by Crippen LogP contribution is -2.27. The molecule has 0 fully saturated rings. The summed E-state index contributed by atoms with van der Waals surface area (Å²) in [7, 11) is 1.84. The highest BCUT2D eigenvalue weighted by Gasteiger charge is 2.17. The van der Waals surface area contributed by atoms with Gasteiger partial charge >= 0.3 is 0 Å². The fourth-order valence-corrected chi connectivity index (χ4v) is 3.01. The van der Waals surface area contributed by atoms with E-state index >= 15 is 0 Å². The highest BCUT2D eigenvalue weighted by molar-refractivity contribution is 6.06. The SMILES string of the molecule is Cc1cc(C(=O)NCCc2nncn2C(C)C)c2c(C)nn(C)c2n1. The number of amides is 1. The Hall–Kier alpha value is -2.77. The Balaban J connectivity index is 1.78. The van der Waals surface area contributed by atoms with Gasteiger partial charge < -0.3 is 9.88 Å². The van der Waals surface area contributed by atoms with Gasteiger partial charge in [-0.15, -0.1) is 10.2 Å². The van der Waals surface area contributed by atoms with E-state index in [2.05, 4.69) is 39.4 Å². The molecule has 0 aliphatic heterocycles. The minimum atomic E-state index is -0.123. The normalized spacial score (nSPS) is 11.4. The summed E-state index contributed by atoms with van der Waals surface area (Å²) in [6.45, 7) is 8.41. The molecule has 0 bridgehead atoms. The molecular formula is C17H23N7O. The van der Waals surface area contributed by atoms with Gasteiger partial charge in [0.05, 0.1) is 16.6 Å². The highest BCUT2D eigenvalue weighted by atomic mass is 16.1. The third kappa shape index (κ3) is 3.24. The van der Waals surface area contributed by atoms with E-state index in [1.807, 2.05) is 31.5 Å². The van der Waals surface area contributed by atoms with E-state index in [9.17, 15) is 4.79 Å². The maximum atomic E-state index is 12.7. The summed E-state index contributed by atoms with van der Waals surface area (Å²) >= 11 is 0. The van der Waals surface area contributed by atoms with Crippen LogP contribution in [0.25, 0.3) is 11.0 Å². The lowest BCUT2D eigenvalue weighted by molar-refractivity contribution is 0.0955. The van der Waals surface area contributed by atoms with Crippen molar-refractivity contribution in [2.75, 3.05) is 6.54 Å². The van der Waals surface area contributed by atoms with Crippen LogP contribution in [0.2, 0.25) is 0 Å². The minimum Gasteiger partial charge on any atom is -0.352 e. The molecule has 0 aliphatic carbocycles. The number of nitrogens with one attached hydrogen (secondary N) is 1. The predicted molar refractivity (Wildman–Crippen MR) is 94.4 cm³/mol. The van der Waals surface area contributed by atoms with Crippen LogP contribution in [0.5, 0.6) is 0 Å². The Morgan fingerprint density at radius 2 is 2.08 bits per heavy atom. The first-order valence-corrected chi connectivity index (χ1v) is 8.36. The van der Waals surface area contributed by atoms with Gasteiger partial charge in [0, 0.05) is 31.7 Å². The third-order valence-electron chi connectivity index (χ3n) is 4.18. The third-order valence-corrected chi connectivity index (χ3v) is 4.18. The molecule has 3 aromatic rings. The number of carbonyl (C=O) groups excluding carboxylic acids is 1. The molecule has 1 amide bonds. The van der Waals surface area contributed by atoms with Crippen LogP contribution in [0.3, 0.4) is 0 Å². The first-order chi connectivity index (χ1) is 11.9. The van der Waals surface area contributed by atoms with E-state index in [-0.39, 0.29) is 5.91 Å². The van der Waals surface area contributed by atoms with E-state index in [0.717, 1.165) is 28.2 Å². The highest BCUT2D eigenvalue weighted by Crippen LogP contribution is 2.21. The van der Waals surface area contributed by atoms with Crippen LogP contribution in [0, 0.1) is 13.8 Å². The molecule has 0 aromatic carbocycles. The van der Waals surface area contributed by atoms with E-state index in [0.29, 0.717) is 24.6 Å². The van der Waals surface area contributed by atoms with Crippen LogP contribution in [0.1, 0.15) is 47.5 Å². The van der Waals surface area contributed by atoms with E-state index < -0.39 is 0 Å². The molecule has 0 spiro atoms. The number of rotatable bonds is 5. The Morgan fingerprint density at radius 3 is 2.80 bits per heavy atom. The molecule has 8 heteroatoms. The zero-order valence-electron chi connectivity index (χ0n) is 15.2. The van der Waals surface area contributed by atoms with Crippen LogP contribution in [-0.4, -0.2) is 42.0 Å². The molecule has 132 valence electrons. The molecule has 0 saturated carbocycles. The maximum Gasteiger partial charge on any atom is 0.252 e. The van der Waals surface area contributed by atoms with Gasteiger partial charge in [0.25, 0.3) is 5.91 Å². The van der Waals surface area contributed by atoms with Crippen molar-refractivity contribution in [1.82, 2.24) is 34.8 Å². The first-order valence-electron chi connectivity index (χ1n) is 8.36. The van der Waals surface area contributed by atoms with E-state index in [1.165, 1.54) is 0 Å². The minimum absolute atomic E-state index is 0.123. The van der Waals surface area contributed by atoms with Crippen LogP contribution < -0.4 is 5.32 Å². The molecule has 0 unspecified atom stereocenters. The molecule has 0 radical (unpaired) electrons. The predicted octanol–water partition coefficient (Wildman–Crippen LogP) is 1.73. The van der Waals surface area contributed by atoms with Crippen LogP contribution in [0.15, 0.2) is 12.4 Å². The van der Waals surface area contributed by atoms with Crippen LogP contribution in [0.4, 0.5) is 0 Å². The Morgan fingerprint density at radius 1 is 1.32 bits per heavy atom. The second kappa shape index (κ2) is 6.62. The summed E-state index contributed by atoms with van der Waals surface area (Å²) in [5.41, 5.74) is 2.93. The van der Waals surface area contributed by atoms with Gasteiger partial charge in [0.2, 0.25) is 0 Å². The lowest BCUT2D eigenvalue weighted by Gasteiger charge is -2.11. The Kier molecular flexibility index (Phi) is 4.52. The number of nitrogens with zero attached hydrogens (tertiary/aromatic N) is 6. The molecule has 3 aromatic heterocycles. The number of fused-ring (bicyclic) bond motifs is 1. The van der Waals surface area contributed by atoms with Gasteiger partial charge in [-0.3, -0.25) is 9.48 Å². The van der Waals surface area contributed by atoms with E-state index in [1.54, 1.807) is 11.0 Å². The van der Waals surface area contributed by atoms with Crippen molar-refractivity contribution < 1.29 is 4.79 Å². The summed E-state index contributed by atoms with van der Waals surface area (Å²) < 4.78 is 3.71. The van der Waals surface area contributed by atoms with Crippen LogP contribution in [-0.2, 0) is 13.5 Å². The van der Waals surface area contributed by atoms with Gasteiger partial charge in [0.15, 0.2) is 5.65 Å². The monoisotopic (exact) mass is 341 g/mol. The average Bonchev–Trinajstić information content (AvgIpc) is 3.12. The van der Waals surface area contributed by atoms with Gasteiger partial charge in [-0.25, -0.2) is 4.98 Å². The molecule has 3 rings (SSSR count). The van der Waals surface area contributed by atoms with Crippen molar-refractivity contribution in [2.45, 2.75) is 40.2 Å². The summed E-state index contributed by atoms with van der Waals surface area (Å²) in [5.74, 6) is 0.742. The van der Waals surface area contributed by atoms with Gasteiger partial charge in [-0.1, -0.05) is 0 Å². The number of aromatic nitrogens is 6. The Bertz CT molecular complexity index is 923. The first kappa shape index (κ1) is 17.1. The fraction of sp³-hybridized carbons (Fsp3) is 0.471. The topological polar surface area (TPSA) is 90.5 Å². The largest absolute Gasteiger partial charge is 0.352 e.